The Labute approximate surface area is 142 Å². The SMILES string of the molecule is Cc1ccc(C2(CNC(=O)NCc3ccc(Cl)cc3)CC2)cc1. The molecule has 0 unspecified atom stereocenters. The number of halogens is 1. The topological polar surface area (TPSA) is 41.1 Å². The molecule has 0 aromatic heterocycles. The number of carbonyl (C=O) groups is 1. The van der Waals surface area contributed by atoms with E-state index in [-0.39, 0.29) is 11.4 Å². The van der Waals surface area contributed by atoms with Crippen LogP contribution in [0.5, 0.6) is 0 Å². The molecule has 0 atom stereocenters. The van der Waals surface area contributed by atoms with E-state index >= 15 is 0 Å². The zero-order chi connectivity index (χ0) is 16.3. The zero-order valence-corrected chi connectivity index (χ0v) is 14.0. The van der Waals surface area contributed by atoms with Gasteiger partial charge in [0.05, 0.1) is 0 Å². The van der Waals surface area contributed by atoms with E-state index in [2.05, 4.69) is 41.8 Å². The van der Waals surface area contributed by atoms with Gasteiger partial charge in [0.25, 0.3) is 0 Å². The number of amides is 2. The summed E-state index contributed by atoms with van der Waals surface area (Å²) in [5.74, 6) is 0. The van der Waals surface area contributed by atoms with Crippen molar-refractivity contribution in [1.82, 2.24) is 10.6 Å². The number of hydrogen-bond donors (Lipinski definition) is 2. The third kappa shape index (κ3) is 4.05. The van der Waals surface area contributed by atoms with Gasteiger partial charge in [-0.3, -0.25) is 0 Å². The van der Waals surface area contributed by atoms with Crippen molar-refractivity contribution in [1.29, 1.82) is 0 Å². The first-order chi connectivity index (χ1) is 11.1. The lowest BCUT2D eigenvalue weighted by Crippen LogP contribution is -2.39. The van der Waals surface area contributed by atoms with E-state index in [4.69, 9.17) is 11.6 Å². The highest BCUT2D eigenvalue weighted by Gasteiger charge is 2.44. The molecule has 2 aromatic carbocycles. The van der Waals surface area contributed by atoms with Crippen molar-refractivity contribution in [2.75, 3.05) is 6.54 Å². The molecule has 2 N–H and O–H groups in total. The third-order valence-electron chi connectivity index (χ3n) is 4.47. The maximum Gasteiger partial charge on any atom is 0.315 e. The van der Waals surface area contributed by atoms with Crippen molar-refractivity contribution in [2.45, 2.75) is 31.7 Å². The maximum absolute atomic E-state index is 12.0. The Morgan fingerprint density at radius 1 is 1.04 bits per heavy atom. The Morgan fingerprint density at radius 2 is 1.70 bits per heavy atom. The van der Waals surface area contributed by atoms with Crippen LogP contribution < -0.4 is 10.6 Å². The Kier molecular flexibility index (Phi) is 4.58. The monoisotopic (exact) mass is 328 g/mol. The highest BCUT2D eigenvalue weighted by Crippen LogP contribution is 2.47. The number of urea groups is 1. The average Bonchev–Trinajstić information content (AvgIpc) is 3.34. The Hall–Kier alpha value is -2.00. The number of rotatable bonds is 5. The van der Waals surface area contributed by atoms with Crippen LogP contribution in [0.3, 0.4) is 0 Å². The van der Waals surface area contributed by atoms with E-state index in [1.807, 2.05) is 24.3 Å². The quantitative estimate of drug-likeness (QED) is 0.849. The minimum Gasteiger partial charge on any atom is -0.337 e. The van der Waals surface area contributed by atoms with Crippen LogP contribution in [0.15, 0.2) is 48.5 Å². The molecule has 0 spiro atoms. The van der Waals surface area contributed by atoms with Crippen LogP contribution in [-0.4, -0.2) is 12.6 Å². The molecule has 0 aliphatic heterocycles. The Morgan fingerprint density at radius 3 is 2.30 bits per heavy atom. The molecule has 3 rings (SSSR count). The minimum atomic E-state index is -0.127. The average molecular weight is 329 g/mol. The standard InChI is InChI=1S/C19H21ClN2O/c1-14-2-6-16(7-3-14)19(10-11-19)13-22-18(23)21-12-15-4-8-17(20)9-5-15/h2-9H,10-13H2,1H3,(H2,21,22,23). The number of nitrogens with one attached hydrogen (secondary N) is 2. The van der Waals surface area contributed by atoms with E-state index in [0.29, 0.717) is 18.1 Å². The molecule has 1 saturated carbocycles. The molecule has 1 aliphatic carbocycles. The lowest BCUT2D eigenvalue weighted by molar-refractivity contribution is 0.239. The molecule has 0 saturated heterocycles. The van der Waals surface area contributed by atoms with Gasteiger partial charge in [-0.15, -0.1) is 0 Å². The Balaban J connectivity index is 1.49. The van der Waals surface area contributed by atoms with Crippen molar-refractivity contribution in [3.05, 3.63) is 70.2 Å². The molecular formula is C19H21ClN2O. The van der Waals surface area contributed by atoms with Gasteiger partial charge in [-0.1, -0.05) is 53.6 Å². The number of aryl methyl sites for hydroxylation is 1. The smallest absolute Gasteiger partial charge is 0.315 e. The van der Waals surface area contributed by atoms with Crippen molar-refractivity contribution < 1.29 is 4.79 Å². The fraction of sp³-hybridized carbons (Fsp3) is 0.316. The minimum absolute atomic E-state index is 0.127. The van der Waals surface area contributed by atoms with Crippen LogP contribution in [0, 0.1) is 6.92 Å². The van der Waals surface area contributed by atoms with E-state index in [1.165, 1.54) is 11.1 Å². The summed E-state index contributed by atoms with van der Waals surface area (Å²) in [6.07, 6.45) is 2.26. The lowest BCUT2D eigenvalue weighted by atomic mass is 9.95. The first-order valence-electron chi connectivity index (χ1n) is 7.91. The molecule has 4 heteroatoms. The number of carbonyl (C=O) groups excluding carboxylic acids is 1. The molecule has 1 fully saturated rings. The molecule has 120 valence electrons. The van der Waals surface area contributed by atoms with Crippen LogP contribution >= 0.6 is 11.6 Å². The molecule has 23 heavy (non-hydrogen) atoms. The third-order valence-corrected chi connectivity index (χ3v) is 4.72. The van der Waals surface area contributed by atoms with Gasteiger partial charge < -0.3 is 10.6 Å². The Bertz CT molecular complexity index is 676. The number of benzene rings is 2. The summed E-state index contributed by atoms with van der Waals surface area (Å²) in [5, 5.41) is 6.59. The van der Waals surface area contributed by atoms with Crippen molar-refractivity contribution in [3.8, 4) is 0 Å². The first kappa shape index (κ1) is 15.9. The second kappa shape index (κ2) is 6.63. The largest absolute Gasteiger partial charge is 0.337 e. The predicted molar refractivity (Wildman–Crippen MR) is 93.8 cm³/mol. The zero-order valence-electron chi connectivity index (χ0n) is 13.2. The van der Waals surface area contributed by atoms with Crippen LogP contribution in [0.2, 0.25) is 5.02 Å². The summed E-state index contributed by atoms with van der Waals surface area (Å²) in [6, 6.07) is 16.0. The van der Waals surface area contributed by atoms with Gasteiger partial charge in [-0.25, -0.2) is 4.79 Å². The van der Waals surface area contributed by atoms with E-state index in [0.717, 1.165) is 18.4 Å². The van der Waals surface area contributed by atoms with Crippen molar-refractivity contribution >= 4 is 17.6 Å². The van der Waals surface area contributed by atoms with E-state index < -0.39 is 0 Å². The van der Waals surface area contributed by atoms with Crippen LogP contribution in [0.4, 0.5) is 4.79 Å². The number of hydrogen-bond acceptors (Lipinski definition) is 1. The van der Waals surface area contributed by atoms with Gasteiger partial charge in [0.2, 0.25) is 0 Å². The second-order valence-corrected chi connectivity index (χ2v) is 6.75. The fourth-order valence-electron chi connectivity index (χ4n) is 2.72. The molecule has 3 nitrogen and oxygen atoms in total. The van der Waals surface area contributed by atoms with Gasteiger partial charge in [0.15, 0.2) is 0 Å². The summed E-state index contributed by atoms with van der Waals surface area (Å²) >= 11 is 5.85. The lowest BCUT2D eigenvalue weighted by Gasteiger charge is -2.17. The summed E-state index contributed by atoms with van der Waals surface area (Å²) < 4.78 is 0. The van der Waals surface area contributed by atoms with E-state index in [1.54, 1.807) is 0 Å². The van der Waals surface area contributed by atoms with Gasteiger partial charge in [-0.2, -0.15) is 0 Å². The van der Waals surface area contributed by atoms with Crippen LogP contribution in [-0.2, 0) is 12.0 Å². The van der Waals surface area contributed by atoms with Gasteiger partial charge in [0, 0.05) is 23.5 Å². The van der Waals surface area contributed by atoms with Gasteiger partial charge in [0.1, 0.15) is 0 Å². The summed E-state index contributed by atoms with van der Waals surface area (Å²) in [7, 11) is 0. The molecule has 2 amide bonds. The van der Waals surface area contributed by atoms with Crippen LogP contribution in [0.1, 0.15) is 29.5 Å². The maximum atomic E-state index is 12.0. The highest BCUT2D eigenvalue weighted by atomic mass is 35.5. The molecule has 0 heterocycles. The molecule has 0 bridgehead atoms. The van der Waals surface area contributed by atoms with Crippen molar-refractivity contribution in [3.63, 3.8) is 0 Å². The van der Waals surface area contributed by atoms with Gasteiger partial charge >= 0.3 is 6.03 Å². The summed E-state index contributed by atoms with van der Waals surface area (Å²) in [4.78, 5) is 12.0. The highest BCUT2D eigenvalue weighted by molar-refractivity contribution is 6.30. The second-order valence-electron chi connectivity index (χ2n) is 6.31. The summed E-state index contributed by atoms with van der Waals surface area (Å²) in [6.45, 7) is 3.27. The first-order valence-corrected chi connectivity index (χ1v) is 8.29. The molecule has 0 radical (unpaired) electrons. The fourth-order valence-corrected chi connectivity index (χ4v) is 2.85. The molecule has 1 aliphatic rings. The molecular weight excluding hydrogens is 308 g/mol. The summed E-state index contributed by atoms with van der Waals surface area (Å²) in [5.41, 5.74) is 3.74. The van der Waals surface area contributed by atoms with Gasteiger partial charge in [-0.05, 0) is 43.0 Å². The molecule has 2 aromatic rings. The normalized spacial score (nSPS) is 15.0. The predicted octanol–water partition coefficient (Wildman–Crippen LogP) is 4.18. The van der Waals surface area contributed by atoms with E-state index in [9.17, 15) is 4.79 Å². The van der Waals surface area contributed by atoms with Crippen molar-refractivity contribution in [2.24, 2.45) is 0 Å². The van der Waals surface area contributed by atoms with Crippen LogP contribution in [0.25, 0.3) is 0 Å².